The van der Waals surface area contributed by atoms with E-state index in [1.807, 2.05) is 17.2 Å². The fourth-order valence-electron chi connectivity index (χ4n) is 3.19. The fourth-order valence-corrected chi connectivity index (χ4v) is 3.19. The summed E-state index contributed by atoms with van der Waals surface area (Å²) in [6.07, 6.45) is 4.30. The normalized spacial score (nSPS) is 18.7. The first-order chi connectivity index (χ1) is 11.8. The van der Waals surface area contributed by atoms with Crippen LogP contribution in [-0.4, -0.2) is 57.5 Å². The number of nitrogens with one attached hydrogen (secondary N) is 2. The molecule has 7 nitrogen and oxygen atoms in total. The highest BCUT2D eigenvalue weighted by atomic mass is 16.5. The van der Waals surface area contributed by atoms with E-state index >= 15 is 0 Å². The number of aromatic nitrogens is 4. The fraction of sp³-hybridized carbons (Fsp3) is 0.353. The van der Waals surface area contributed by atoms with Gasteiger partial charge in [0.2, 0.25) is 0 Å². The molecule has 3 heterocycles. The summed E-state index contributed by atoms with van der Waals surface area (Å²) < 4.78 is 5.71. The van der Waals surface area contributed by atoms with Crippen LogP contribution in [0.25, 0.3) is 10.9 Å². The zero-order valence-corrected chi connectivity index (χ0v) is 13.2. The molecule has 7 heteroatoms. The topological polar surface area (TPSA) is 86.9 Å². The van der Waals surface area contributed by atoms with Gasteiger partial charge < -0.3 is 9.64 Å². The van der Waals surface area contributed by atoms with E-state index in [1.54, 1.807) is 12.3 Å². The smallest absolute Gasteiger partial charge is 0.271 e. The van der Waals surface area contributed by atoms with E-state index in [2.05, 4.69) is 32.5 Å². The molecule has 1 fully saturated rings. The average Bonchev–Trinajstić information content (AvgIpc) is 3.23. The van der Waals surface area contributed by atoms with Gasteiger partial charge in [-0.25, -0.2) is 0 Å². The number of aromatic amines is 2. The number of hydrogen-bond acceptors (Lipinski definition) is 4. The van der Waals surface area contributed by atoms with Crippen LogP contribution in [0.5, 0.6) is 0 Å². The zero-order valence-electron chi connectivity index (χ0n) is 13.2. The second-order valence-electron chi connectivity index (χ2n) is 6.16. The Labute approximate surface area is 139 Å². The molecule has 0 bridgehead atoms. The lowest BCUT2D eigenvalue weighted by Crippen LogP contribution is -2.36. The summed E-state index contributed by atoms with van der Waals surface area (Å²) >= 11 is 0. The molecule has 124 valence electrons. The van der Waals surface area contributed by atoms with Crippen molar-refractivity contribution in [3.63, 3.8) is 0 Å². The summed E-state index contributed by atoms with van der Waals surface area (Å²) in [5.41, 5.74) is 2.79. The number of fused-ring (bicyclic) bond motifs is 1. The van der Waals surface area contributed by atoms with Crippen molar-refractivity contribution in [3.8, 4) is 0 Å². The maximum absolute atomic E-state index is 12.5. The summed E-state index contributed by atoms with van der Waals surface area (Å²) in [4.78, 5) is 14.4. The Morgan fingerprint density at radius 1 is 1.29 bits per heavy atom. The van der Waals surface area contributed by atoms with Gasteiger partial charge in [-0.1, -0.05) is 6.07 Å². The number of carbonyl (C=O) groups excluding carboxylic acids is 1. The molecule has 0 saturated carbocycles. The van der Waals surface area contributed by atoms with Gasteiger partial charge in [-0.05, 0) is 30.2 Å². The molecule has 0 radical (unpaired) electrons. The molecular formula is C17H19N5O2. The van der Waals surface area contributed by atoms with E-state index in [1.165, 1.54) is 5.56 Å². The molecule has 1 aromatic carbocycles. The monoisotopic (exact) mass is 325 g/mol. The molecule has 24 heavy (non-hydrogen) atoms. The van der Waals surface area contributed by atoms with Gasteiger partial charge in [0.1, 0.15) is 5.69 Å². The predicted octanol–water partition coefficient (Wildman–Crippen LogP) is 1.62. The molecule has 1 amide bonds. The first kappa shape index (κ1) is 14.9. The molecule has 2 N–H and O–H groups in total. The van der Waals surface area contributed by atoms with Crippen molar-refractivity contribution < 1.29 is 9.53 Å². The van der Waals surface area contributed by atoms with E-state index in [0.717, 1.165) is 17.3 Å². The van der Waals surface area contributed by atoms with E-state index in [0.29, 0.717) is 32.0 Å². The number of H-pyrrole nitrogens is 2. The Morgan fingerprint density at radius 3 is 3.12 bits per heavy atom. The Balaban J connectivity index is 1.48. The van der Waals surface area contributed by atoms with Crippen molar-refractivity contribution in [1.29, 1.82) is 0 Å². The highest BCUT2D eigenvalue weighted by Crippen LogP contribution is 2.19. The molecule has 1 atom stereocenters. The van der Waals surface area contributed by atoms with Gasteiger partial charge in [0.05, 0.1) is 24.9 Å². The van der Waals surface area contributed by atoms with Crippen LogP contribution in [0.4, 0.5) is 0 Å². The van der Waals surface area contributed by atoms with Gasteiger partial charge in [-0.2, -0.15) is 10.2 Å². The third-order valence-electron chi connectivity index (χ3n) is 4.39. The molecular weight excluding hydrogens is 306 g/mol. The van der Waals surface area contributed by atoms with Gasteiger partial charge in [0.25, 0.3) is 5.91 Å². The number of amides is 1. The van der Waals surface area contributed by atoms with Gasteiger partial charge in [0.15, 0.2) is 0 Å². The van der Waals surface area contributed by atoms with Crippen LogP contribution in [0.15, 0.2) is 36.7 Å². The average molecular weight is 325 g/mol. The lowest BCUT2D eigenvalue weighted by atomic mass is 9.98. The van der Waals surface area contributed by atoms with Crippen molar-refractivity contribution >= 4 is 16.8 Å². The standard InChI is InChI=1S/C17H19N5O2/c23-17(16-3-4-18-21-16)22-5-6-24-11-13(10-22)7-12-1-2-15-14(8-12)9-19-20-15/h1-4,8-9,13H,5-7,10-11H2,(H,18,21)(H,19,20)/t13-/m0/s1. The molecule has 0 spiro atoms. The quantitative estimate of drug-likeness (QED) is 0.766. The largest absolute Gasteiger partial charge is 0.379 e. The third-order valence-corrected chi connectivity index (χ3v) is 4.39. The van der Waals surface area contributed by atoms with Crippen LogP contribution in [0.3, 0.4) is 0 Å². The first-order valence-corrected chi connectivity index (χ1v) is 8.08. The van der Waals surface area contributed by atoms with Gasteiger partial charge >= 0.3 is 0 Å². The Bertz CT molecular complexity index is 827. The predicted molar refractivity (Wildman–Crippen MR) is 88.6 cm³/mol. The Kier molecular flexibility index (Phi) is 4.00. The highest BCUT2D eigenvalue weighted by Gasteiger charge is 2.24. The lowest BCUT2D eigenvalue weighted by Gasteiger charge is -2.23. The van der Waals surface area contributed by atoms with E-state index < -0.39 is 0 Å². The molecule has 2 aromatic heterocycles. The van der Waals surface area contributed by atoms with Crippen LogP contribution in [0.1, 0.15) is 16.1 Å². The number of benzene rings is 1. The van der Waals surface area contributed by atoms with E-state index in [9.17, 15) is 4.79 Å². The van der Waals surface area contributed by atoms with E-state index in [-0.39, 0.29) is 11.8 Å². The first-order valence-electron chi connectivity index (χ1n) is 8.08. The maximum Gasteiger partial charge on any atom is 0.271 e. The minimum atomic E-state index is -0.0201. The summed E-state index contributed by atoms with van der Waals surface area (Å²) in [6, 6.07) is 8.00. The minimum absolute atomic E-state index is 0.0201. The number of nitrogens with zero attached hydrogens (tertiary/aromatic N) is 3. The highest BCUT2D eigenvalue weighted by molar-refractivity contribution is 5.92. The molecule has 1 aliphatic rings. The van der Waals surface area contributed by atoms with E-state index in [4.69, 9.17) is 4.74 Å². The summed E-state index contributed by atoms with van der Waals surface area (Å²) in [5, 5.41) is 14.7. The third kappa shape index (κ3) is 3.03. The van der Waals surface area contributed by atoms with Crippen LogP contribution in [-0.2, 0) is 11.2 Å². The Hall–Kier alpha value is -2.67. The number of rotatable bonds is 3. The summed E-state index contributed by atoms with van der Waals surface area (Å²) in [5.74, 6) is 0.247. The molecule has 1 aliphatic heterocycles. The van der Waals surface area contributed by atoms with Crippen molar-refractivity contribution in [2.24, 2.45) is 5.92 Å². The van der Waals surface area contributed by atoms with Crippen LogP contribution >= 0.6 is 0 Å². The zero-order chi connectivity index (χ0) is 16.4. The second-order valence-corrected chi connectivity index (χ2v) is 6.16. The second kappa shape index (κ2) is 6.45. The molecule has 0 aliphatic carbocycles. The van der Waals surface area contributed by atoms with Gasteiger partial charge in [-0.3, -0.25) is 15.0 Å². The van der Waals surface area contributed by atoms with Crippen molar-refractivity contribution in [1.82, 2.24) is 25.3 Å². The lowest BCUT2D eigenvalue weighted by molar-refractivity contribution is 0.0731. The van der Waals surface area contributed by atoms with Crippen LogP contribution in [0, 0.1) is 5.92 Å². The minimum Gasteiger partial charge on any atom is -0.379 e. The van der Waals surface area contributed by atoms with Crippen LogP contribution < -0.4 is 0 Å². The molecule has 3 aromatic rings. The molecule has 4 rings (SSSR count). The van der Waals surface area contributed by atoms with Gasteiger partial charge in [-0.15, -0.1) is 0 Å². The number of carbonyl (C=O) groups is 1. The van der Waals surface area contributed by atoms with Crippen molar-refractivity contribution in [3.05, 3.63) is 47.9 Å². The Morgan fingerprint density at radius 2 is 2.25 bits per heavy atom. The summed E-state index contributed by atoms with van der Waals surface area (Å²) in [6.45, 7) is 2.52. The maximum atomic E-state index is 12.5. The van der Waals surface area contributed by atoms with Crippen LogP contribution in [0.2, 0.25) is 0 Å². The molecule has 1 saturated heterocycles. The number of hydrogen-bond donors (Lipinski definition) is 2. The van der Waals surface area contributed by atoms with Crippen molar-refractivity contribution in [2.45, 2.75) is 6.42 Å². The van der Waals surface area contributed by atoms with Crippen molar-refractivity contribution in [2.75, 3.05) is 26.3 Å². The molecule has 0 unspecified atom stereocenters. The summed E-state index contributed by atoms with van der Waals surface area (Å²) in [7, 11) is 0. The number of ether oxygens (including phenoxy) is 1. The SMILES string of the molecule is O=C(c1ccn[nH]1)N1CCOC[C@@H](Cc2ccc3[nH]ncc3c2)C1. The van der Waals surface area contributed by atoms with Gasteiger partial charge in [0, 0.05) is 30.6 Å².